The Bertz CT molecular complexity index is 365. The van der Waals surface area contributed by atoms with E-state index in [1.807, 2.05) is 30.3 Å². The fourth-order valence-electron chi connectivity index (χ4n) is 1.29. The Morgan fingerprint density at radius 2 is 1.88 bits per heavy atom. The summed E-state index contributed by atoms with van der Waals surface area (Å²) in [5.41, 5.74) is 5.88. The molecule has 0 unspecified atom stereocenters. The number of hydrogen-bond donors (Lipinski definition) is 3. The first-order valence-electron chi connectivity index (χ1n) is 5.52. The molecular formula is C12H17N3O2. The smallest absolute Gasteiger partial charge is 0.239 e. The maximum absolute atomic E-state index is 11.4. The number of amides is 2. The highest BCUT2D eigenvalue weighted by Gasteiger charge is 2.00. The Morgan fingerprint density at radius 3 is 2.53 bits per heavy atom. The van der Waals surface area contributed by atoms with Crippen LogP contribution in [0.4, 0.5) is 5.69 Å². The van der Waals surface area contributed by atoms with Crippen molar-refractivity contribution in [2.75, 3.05) is 18.4 Å². The summed E-state index contributed by atoms with van der Waals surface area (Å²) in [7, 11) is 0. The molecule has 0 spiro atoms. The Labute approximate surface area is 100 Å². The van der Waals surface area contributed by atoms with Crippen LogP contribution in [0.25, 0.3) is 0 Å². The molecule has 0 atom stereocenters. The first kappa shape index (κ1) is 13.0. The van der Waals surface area contributed by atoms with E-state index >= 15 is 0 Å². The van der Waals surface area contributed by atoms with Crippen LogP contribution in [0.15, 0.2) is 30.3 Å². The van der Waals surface area contributed by atoms with Gasteiger partial charge in [0.15, 0.2) is 0 Å². The third-order valence-corrected chi connectivity index (χ3v) is 2.15. The number of nitrogens with one attached hydrogen (secondary N) is 2. The van der Waals surface area contributed by atoms with Crippen molar-refractivity contribution in [1.29, 1.82) is 0 Å². The lowest BCUT2D eigenvalue weighted by molar-refractivity contribution is -0.120. The first-order valence-corrected chi connectivity index (χ1v) is 5.52. The summed E-state index contributed by atoms with van der Waals surface area (Å²) in [4.78, 5) is 21.8. The zero-order valence-electron chi connectivity index (χ0n) is 9.61. The van der Waals surface area contributed by atoms with Crippen molar-refractivity contribution < 1.29 is 9.59 Å². The van der Waals surface area contributed by atoms with Crippen LogP contribution >= 0.6 is 0 Å². The molecule has 5 heteroatoms. The molecule has 92 valence electrons. The molecule has 0 saturated carbocycles. The minimum atomic E-state index is -0.346. The fourth-order valence-corrected chi connectivity index (χ4v) is 1.29. The van der Waals surface area contributed by atoms with Gasteiger partial charge in [0.25, 0.3) is 0 Å². The molecule has 0 fully saturated rings. The number of rotatable bonds is 7. The van der Waals surface area contributed by atoms with E-state index in [-0.39, 0.29) is 18.4 Å². The molecule has 0 radical (unpaired) electrons. The summed E-state index contributed by atoms with van der Waals surface area (Å²) in [6.45, 7) is 0.693. The number of anilines is 1. The number of benzene rings is 1. The average Bonchev–Trinajstić information content (AvgIpc) is 2.33. The summed E-state index contributed by atoms with van der Waals surface area (Å²) >= 11 is 0. The van der Waals surface area contributed by atoms with Gasteiger partial charge in [-0.3, -0.25) is 9.59 Å². The van der Waals surface area contributed by atoms with E-state index in [1.165, 1.54) is 0 Å². The molecule has 17 heavy (non-hydrogen) atoms. The van der Waals surface area contributed by atoms with Gasteiger partial charge >= 0.3 is 0 Å². The highest BCUT2D eigenvalue weighted by molar-refractivity contribution is 5.80. The lowest BCUT2D eigenvalue weighted by Gasteiger charge is -2.07. The molecule has 5 nitrogen and oxygen atoms in total. The molecule has 0 aromatic heterocycles. The number of carbonyl (C=O) groups is 2. The number of nitrogens with two attached hydrogens (primary N) is 1. The zero-order chi connectivity index (χ0) is 12.5. The molecule has 0 saturated heterocycles. The zero-order valence-corrected chi connectivity index (χ0v) is 9.61. The van der Waals surface area contributed by atoms with Gasteiger partial charge < -0.3 is 16.4 Å². The van der Waals surface area contributed by atoms with E-state index in [0.29, 0.717) is 19.4 Å². The lowest BCUT2D eigenvalue weighted by atomic mass is 10.3. The van der Waals surface area contributed by atoms with Crippen LogP contribution in [0, 0.1) is 0 Å². The summed E-state index contributed by atoms with van der Waals surface area (Å²) in [6, 6.07) is 9.48. The molecule has 2 amide bonds. The normalized spacial score (nSPS) is 9.65. The quantitative estimate of drug-likeness (QED) is 0.601. The topological polar surface area (TPSA) is 84.2 Å². The van der Waals surface area contributed by atoms with Crippen LogP contribution < -0.4 is 16.4 Å². The van der Waals surface area contributed by atoms with Crippen molar-refractivity contribution in [3.8, 4) is 0 Å². The molecule has 1 aromatic carbocycles. The molecule has 1 aromatic rings. The molecule has 0 aliphatic rings. The van der Waals surface area contributed by atoms with Crippen LogP contribution in [0.1, 0.15) is 12.8 Å². The van der Waals surface area contributed by atoms with E-state index in [9.17, 15) is 9.59 Å². The van der Waals surface area contributed by atoms with Gasteiger partial charge in [-0.05, 0) is 18.6 Å². The molecule has 0 heterocycles. The van der Waals surface area contributed by atoms with Crippen molar-refractivity contribution >= 4 is 17.5 Å². The predicted octanol–water partition coefficient (Wildman–Crippen LogP) is 0.480. The highest BCUT2D eigenvalue weighted by atomic mass is 16.2. The first-order chi connectivity index (χ1) is 8.18. The Morgan fingerprint density at radius 1 is 1.18 bits per heavy atom. The van der Waals surface area contributed by atoms with Gasteiger partial charge in [0.05, 0.1) is 6.54 Å². The maximum Gasteiger partial charge on any atom is 0.239 e. The minimum absolute atomic E-state index is 0.0988. The standard InChI is InChI=1S/C12H17N3O2/c13-11(16)7-4-8-14-12(17)9-15-10-5-2-1-3-6-10/h1-3,5-6,15H,4,7-9H2,(H2,13,16)(H,14,17). The number of para-hydroxylation sites is 1. The molecule has 0 bridgehead atoms. The predicted molar refractivity (Wildman–Crippen MR) is 66.4 cm³/mol. The van der Waals surface area contributed by atoms with Crippen molar-refractivity contribution in [2.45, 2.75) is 12.8 Å². The Hall–Kier alpha value is -2.04. The van der Waals surface area contributed by atoms with Gasteiger partial charge in [-0.25, -0.2) is 0 Å². The SMILES string of the molecule is NC(=O)CCCNC(=O)CNc1ccccc1. The average molecular weight is 235 g/mol. The van der Waals surface area contributed by atoms with Crippen LogP contribution in [0.3, 0.4) is 0 Å². The number of carbonyl (C=O) groups excluding carboxylic acids is 2. The second kappa shape index (κ2) is 7.27. The molecule has 4 N–H and O–H groups in total. The summed E-state index contributed by atoms with van der Waals surface area (Å²) < 4.78 is 0. The van der Waals surface area contributed by atoms with Crippen molar-refractivity contribution in [3.05, 3.63) is 30.3 Å². The second-order valence-corrected chi connectivity index (χ2v) is 3.64. The van der Waals surface area contributed by atoms with E-state index in [2.05, 4.69) is 10.6 Å². The fraction of sp³-hybridized carbons (Fsp3) is 0.333. The maximum atomic E-state index is 11.4. The lowest BCUT2D eigenvalue weighted by Crippen LogP contribution is -2.31. The van der Waals surface area contributed by atoms with E-state index in [1.54, 1.807) is 0 Å². The third kappa shape index (κ3) is 6.19. The number of hydrogen-bond acceptors (Lipinski definition) is 3. The Balaban J connectivity index is 2.11. The highest BCUT2D eigenvalue weighted by Crippen LogP contribution is 2.03. The minimum Gasteiger partial charge on any atom is -0.376 e. The van der Waals surface area contributed by atoms with Gasteiger partial charge in [0.1, 0.15) is 0 Å². The summed E-state index contributed by atoms with van der Waals surface area (Å²) in [6.07, 6.45) is 0.874. The Kier molecular flexibility index (Phi) is 5.57. The molecule has 0 aliphatic heterocycles. The van der Waals surface area contributed by atoms with E-state index in [0.717, 1.165) is 5.69 Å². The monoisotopic (exact) mass is 235 g/mol. The van der Waals surface area contributed by atoms with Gasteiger partial charge in [-0.15, -0.1) is 0 Å². The van der Waals surface area contributed by atoms with Gasteiger partial charge in [-0.2, -0.15) is 0 Å². The van der Waals surface area contributed by atoms with Gasteiger partial charge in [-0.1, -0.05) is 18.2 Å². The van der Waals surface area contributed by atoms with Gasteiger partial charge in [0.2, 0.25) is 11.8 Å². The van der Waals surface area contributed by atoms with Crippen LogP contribution in [-0.2, 0) is 9.59 Å². The van der Waals surface area contributed by atoms with Crippen LogP contribution in [-0.4, -0.2) is 24.9 Å². The van der Waals surface area contributed by atoms with Crippen molar-refractivity contribution in [3.63, 3.8) is 0 Å². The summed E-state index contributed by atoms with van der Waals surface area (Å²) in [5, 5.41) is 5.69. The van der Waals surface area contributed by atoms with E-state index < -0.39 is 0 Å². The molecular weight excluding hydrogens is 218 g/mol. The largest absolute Gasteiger partial charge is 0.376 e. The van der Waals surface area contributed by atoms with Crippen molar-refractivity contribution in [1.82, 2.24) is 5.32 Å². The van der Waals surface area contributed by atoms with Gasteiger partial charge in [0, 0.05) is 18.7 Å². The molecule has 1 rings (SSSR count). The van der Waals surface area contributed by atoms with Crippen LogP contribution in [0.5, 0.6) is 0 Å². The van der Waals surface area contributed by atoms with E-state index in [4.69, 9.17) is 5.73 Å². The third-order valence-electron chi connectivity index (χ3n) is 2.15. The van der Waals surface area contributed by atoms with Crippen LogP contribution in [0.2, 0.25) is 0 Å². The molecule has 0 aliphatic carbocycles. The van der Waals surface area contributed by atoms with Crippen molar-refractivity contribution in [2.24, 2.45) is 5.73 Å². The second-order valence-electron chi connectivity index (χ2n) is 3.64. The number of primary amides is 1. The summed E-state index contributed by atoms with van der Waals surface area (Å²) in [5.74, 6) is -0.444.